The Morgan fingerprint density at radius 3 is 2.22 bits per heavy atom. The molecule has 0 saturated heterocycles. The number of benzene rings is 1. The molecule has 100 valence electrons. The maximum absolute atomic E-state index is 13.7. The molecule has 6 heteroatoms. The highest BCUT2D eigenvalue weighted by Gasteiger charge is 2.19. The van der Waals surface area contributed by atoms with Crippen LogP contribution in [0.2, 0.25) is 0 Å². The van der Waals surface area contributed by atoms with E-state index in [2.05, 4.69) is 0 Å². The summed E-state index contributed by atoms with van der Waals surface area (Å²) in [7, 11) is 0. The van der Waals surface area contributed by atoms with Gasteiger partial charge in [0.1, 0.15) is 17.3 Å². The molecule has 1 aromatic carbocycles. The van der Waals surface area contributed by atoms with E-state index in [9.17, 15) is 13.6 Å². The van der Waals surface area contributed by atoms with Gasteiger partial charge in [0.05, 0.1) is 12.2 Å². The van der Waals surface area contributed by atoms with Crippen molar-refractivity contribution in [2.24, 2.45) is 0 Å². The Labute approximate surface area is 103 Å². The van der Waals surface area contributed by atoms with Gasteiger partial charge in [-0.3, -0.25) is 0 Å². The van der Waals surface area contributed by atoms with Crippen LogP contribution in [0.15, 0.2) is 12.1 Å². The summed E-state index contributed by atoms with van der Waals surface area (Å²) in [5.74, 6) is -3.26. The van der Waals surface area contributed by atoms with Crippen LogP contribution >= 0.6 is 0 Å². The Morgan fingerprint density at radius 1 is 1.28 bits per heavy atom. The number of carbonyl (C=O) groups is 1. The molecule has 0 aliphatic heterocycles. The maximum Gasteiger partial charge on any atom is 0.335 e. The predicted octanol–water partition coefficient (Wildman–Crippen LogP) is 1.87. The van der Waals surface area contributed by atoms with Gasteiger partial charge in [0.15, 0.2) is 0 Å². The lowest BCUT2D eigenvalue weighted by molar-refractivity contribution is 0.0695. The van der Waals surface area contributed by atoms with Crippen LogP contribution in [0, 0.1) is 11.6 Å². The summed E-state index contributed by atoms with van der Waals surface area (Å²) in [4.78, 5) is 12.0. The van der Waals surface area contributed by atoms with Crippen molar-refractivity contribution in [1.82, 2.24) is 0 Å². The second-order valence-corrected chi connectivity index (χ2v) is 3.80. The number of aliphatic hydroxyl groups excluding tert-OH is 1. The number of carboxylic acids is 1. The summed E-state index contributed by atoms with van der Waals surface area (Å²) in [5.41, 5.74) is -0.731. The normalized spacial score (nSPS) is 10.4. The van der Waals surface area contributed by atoms with E-state index >= 15 is 0 Å². The van der Waals surface area contributed by atoms with Gasteiger partial charge in [0.2, 0.25) is 0 Å². The summed E-state index contributed by atoms with van der Waals surface area (Å²) >= 11 is 0. The van der Waals surface area contributed by atoms with Crippen molar-refractivity contribution in [2.45, 2.75) is 13.3 Å². The van der Waals surface area contributed by atoms with E-state index in [4.69, 9.17) is 10.2 Å². The van der Waals surface area contributed by atoms with Gasteiger partial charge >= 0.3 is 5.97 Å². The Balaban J connectivity index is 3.18. The first-order valence-corrected chi connectivity index (χ1v) is 5.59. The fraction of sp³-hybridized carbons (Fsp3) is 0.417. The van der Waals surface area contributed by atoms with Crippen LogP contribution in [0.4, 0.5) is 14.5 Å². The Bertz CT molecular complexity index is 408. The lowest BCUT2D eigenvalue weighted by Crippen LogP contribution is -2.29. The zero-order valence-electron chi connectivity index (χ0n) is 9.99. The molecule has 0 radical (unpaired) electrons. The Morgan fingerprint density at radius 2 is 1.83 bits per heavy atom. The van der Waals surface area contributed by atoms with Crippen LogP contribution in [0.3, 0.4) is 0 Å². The average Bonchev–Trinajstić information content (AvgIpc) is 2.28. The van der Waals surface area contributed by atoms with E-state index in [-0.39, 0.29) is 18.8 Å². The topological polar surface area (TPSA) is 60.8 Å². The molecule has 0 amide bonds. The fourth-order valence-corrected chi connectivity index (χ4v) is 1.72. The molecule has 0 bridgehead atoms. The van der Waals surface area contributed by atoms with Crippen LogP contribution in [-0.4, -0.2) is 35.9 Å². The number of rotatable bonds is 6. The molecule has 2 N–H and O–H groups in total. The molecule has 18 heavy (non-hydrogen) atoms. The zero-order valence-corrected chi connectivity index (χ0v) is 9.99. The molecule has 0 atom stereocenters. The van der Waals surface area contributed by atoms with Crippen molar-refractivity contribution in [2.75, 3.05) is 24.6 Å². The molecule has 0 fully saturated rings. The van der Waals surface area contributed by atoms with Crippen LogP contribution in [0.5, 0.6) is 0 Å². The number of aliphatic hydroxyl groups is 1. The second-order valence-electron chi connectivity index (χ2n) is 3.80. The first kappa shape index (κ1) is 14.4. The van der Waals surface area contributed by atoms with Gasteiger partial charge < -0.3 is 15.1 Å². The first-order valence-electron chi connectivity index (χ1n) is 5.59. The summed E-state index contributed by atoms with van der Waals surface area (Å²) in [6, 6.07) is 1.56. The highest BCUT2D eigenvalue weighted by atomic mass is 19.1. The van der Waals surface area contributed by atoms with Crippen molar-refractivity contribution < 1.29 is 23.8 Å². The number of aromatic carboxylic acids is 1. The van der Waals surface area contributed by atoms with E-state index in [1.807, 2.05) is 6.92 Å². The standard InChI is InChI=1S/C12H15F2NO3/c1-2-3-15(4-5-16)11-9(13)6-8(12(17)18)7-10(11)14/h6-7,16H,2-5H2,1H3,(H,17,18). The van der Waals surface area contributed by atoms with Gasteiger partial charge in [0, 0.05) is 13.1 Å². The summed E-state index contributed by atoms with van der Waals surface area (Å²) in [6.45, 7) is 2.07. The third-order valence-corrected chi connectivity index (χ3v) is 2.44. The van der Waals surface area contributed by atoms with Gasteiger partial charge in [-0.15, -0.1) is 0 Å². The largest absolute Gasteiger partial charge is 0.478 e. The minimum absolute atomic E-state index is 0.0914. The summed E-state index contributed by atoms with van der Waals surface area (Å²) < 4.78 is 27.5. The average molecular weight is 259 g/mol. The summed E-state index contributed by atoms with van der Waals surface area (Å²) in [5, 5.41) is 17.6. The van der Waals surface area contributed by atoms with Gasteiger partial charge in [-0.25, -0.2) is 13.6 Å². The molecule has 0 spiro atoms. The fourth-order valence-electron chi connectivity index (χ4n) is 1.72. The molecule has 1 rings (SSSR count). The predicted molar refractivity (Wildman–Crippen MR) is 62.9 cm³/mol. The number of halogens is 2. The zero-order chi connectivity index (χ0) is 13.7. The Hall–Kier alpha value is -1.69. The number of hydrogen-bond acceptors (Lipinski definition) is 3. The second kappa shape index (κ2) is 6.30. The molecular weight excluding hydrogens is 244 g/mol. The van der Waals surface area contributed by atoms with Crippen molar-refractivity contribution in [3.05, 3.63) is 29.3 Å². The van der Waals surface area contributed by atoms with Crippen LogP contribution < -0.4 is 4.90 Å². The van der Waals surface area contributed by atoms with E-state index < -0.39 is 23.2 Å². The van der Waals surface area contributed by atoms with Crippen LogP contribution in [0.25, 0.3) is 0 Å². The van der Waals surface area contributed by atoms with E-state index in [0.29, 0.717) is 13.0 Å². The lowest BCUT2D eigenvalue weighted by atomic mass is 10.1. The number of hydrogen-bond donors (Lipinski definition) is 2. The molecule has 1 aromatic rings. The van der Waals surface area contributed by atoms with E-state index in [1.54, 1.807) is 0 Å². The van der Waals surface area contributed by atoms with Crippen molar-refractivity contribution in [3.8, 4) is 0 Å². The molecule has 0 heterocycles. The van der Waals surface area contributed by atoms with Gasteiger partial charge in [-0.2, -0.15) is 0 Å². The minimum Gasteiger partial charge on any atom is -0.478 e. The third-order valence-electron chi connectivity index (χ3n) is 2.44. The molecular formula is C12H15F2NO3. The molecule has 0 saturated carbocycles. The Kier molecular flexibility index (Phi) is 5.03. The van der Waals surface area contributed by atoms with Crippen molar-refractivity contribution in [3.63, 3.8) is 0 Å². The molecule has 0 aliphatic rings. The quantitative estimate of drug-likeness (QED) is 0.818. The van der Waals surface area contributed by atoms with Crippen molar-refractivity contribution >= 4 is 11.7 Å². The number of anilines is 1. The molecule has 4 nitrogen and oxygen atoms in total. The number of carboxylic acid groups (broad SMARTS) is 1. The molecule has 0 aliphatic carbocycles. The van der Waals surface area contributed by atoms with Crippen LogP contribution in [-0.2, 0) is 0 Å². The van der Waals surface area contributed by atoms with Gasteiger partial charge in [-0.05, 0) is 18.6 Å². The van der Waals surface area contributed by atoms with Crippen LogP contribution in [0.1, 0.15) is 23.7 Å². The van der Waals surface area contributed by atoms with Crippen molar-refractivity contribution in [1.29, 1.82) is 0 Å². The van der Waals surface area contributed by atoms with E-state index in [1.165, 1.54) is 4.90 Å². The summed E-state index contributed by atoms with van der Waals surface area (Å²) in [6.07, 6.45) is 0.652. The first-order chi connectivity index (χ1) is 8.51. The highest BCUT2D eigenvalue weighted by Crippen LogP contribution is 2.25. The third kappa shape index (κ3) is 3.16. The lowest BCUT2D eigenvalue weighted by Gasteiger charge is -2.24. The molecule has 0 unspecified atom stereocenters. The minimum atomic E-state index is -1.39. The monoisotopic (exact) mass is 259 g/mol. The van der Waals surface area contributed by atoms with Gasteiger partial charge in [-0.1, -0.05) is 6.92 Å². The molecule has 0 aromatic heterocycles. The van der Waals surface area contributed by atoms with E-state index in [0.717, 1.165) is 12.1 Å². The SMILES string of the molecule is CCCN(CCO)c1c(F)cc(C(=O)O)cc1F. The highest BCUT2D eigenvalue weighted by molar-refractivity contribution is 5.88. The smallest absolute Gasteiger partial charge is 0.335 e. The van der Waals surface area contributed by atoms with Gasteiger partial charge in [0.25, 0.3) is 0 Å². The number of nitrogens with zero attached hydrogens (tertiary/aromatic N) is 1. The maximum atomic E-state index is 13.7.